The van der Waals surface area contributed by atoms with Crippen molar-refractivity contribution in [2.24, 2.45) is 0 Å². The number of ether oxygens (including phenoxy) is 1. The number of pyridine rings is 4. The largest absolute Gasteiger partial charge is 0.372 e. The number of carbonyl (C=O) groups excluding carboxylic acids is 1. The Morgan fingerprint density at radius 1 is 1.10 bits per heavy atom. The quantitative estimate of drug-likeness (QED) is 0.369. The van der Waals surface area contributed by atoms with Crippen molar-refractivity contribution in [1.29, 1.82) is 0 Å². The molecule has 1 aliphatic rings. The van der Waals surface area contributed by atoms with Gasteiger partial charge in [0.2, 0.25) is 5.91 Å². The highest BCUT2D eigenvalue weighted by Crippen LogP contribution is 2.24. The molecular formula is C28H27F3N6O3. The number of halogens is 3. The molecule has 0 bridgehead atoms. The first-order valence-electron chi connectivity index (χ1n) is 12.8. The summed E-state index contributed by atoms with van der Waals surface area (Å²) in [6.07, 6.45) is -0.266. The Balaban J connectivity index is 1.34. The van der Waals surface area contributed by atoms with Crippen LogP contribution in [0.5, 0.6) is 0 Å². The summed E-state index contributed by atoms with van der Waals surface area (Å²) in [5.74, 6) is -0.966. The van der Waals surface area contributed by atoms with Gasteiger partial charge in [-0.2, -0.15) is 0 Å². The summed E-state index contributed by atoms with van der Waals surface area (Å²) in [6, 6.07) is 12.0. The second-order valence-corrected chi connectivity index (χ2v) is 9.76. The molecule has 5 heterocycles. The standard InChI is InChI=1S/C28H27F3N6O3/c1-16-12-36(13-17(2)40-16)26-5-3-4-22(35-26)23-7-6-18-11-32-19(9-24(18)34-23)10-27(38)33-20-8-21(29)28(39)37(14-20)15-25(30)31/h3-9,11,14,16-17,25H,10,12-13,15H2,1-2H3,(H,33,38)/t16-,17+. The number of fused-ring (bicyclic) bond motifs is 1. The number of morpholine rings is 1. The third kappa shape index (κ3) is 6.28. The molecule has 208 valence electrons. The average Bonchev–Trinajstić information content (AvgIpc) is 2.90. The summed E-state index contributed by atoms with van der Waals surface area (Å²) in [5.41, 5.74) is 1.05. The van der Waals surface area contributed by atoms with Crippen molar-refractivity contribution < 1.29 is 22.7 Å². The van der Waals surface area contributed by atoms with E-state index in [9.17, 15) is 22.8 Å². The molecule has 0 spiro atoms. The first-order chi connectivity index (χ1) is 19.1. The van der Waals surface area contributed by atoms with Gasteiger partial charge in [-0.15, -0.1) is 0 Å². The molecule has 1 N–H and O–H groups in total. The molecule has 4 aromatic rings. The molecule has 0 radical (unpaired) electrons. The SMILES string of the molecule is C[C@@H]1CN(c2cccc(-c3ccc4cnc(CC(=O)Nc5cc(F)c(=O)n(CC(F)F)c5)cc4n3)n2)C[C@H](C)O1. The fourth-order valence-electron chi connectivity index (χ4n) is 4.73. The van der Waals surface area contributed by atoms with Gasteiger partial charge in [0, 0.05) is 36.9 Å². The summed E-state index contributed by atoms with van der Waals surface area (Å²) in [5, 5.41) is 3.20. The number of aromatic nitrogens is 4. The van der Waals surface area contributed by atoms with Gasteiger partial charge in [0.25, 0.3) is 12.0 Å². The molecule has 0 aliphatic carbocycles. The van der Waals surface area contributed by atoms with Crippen molar-refractivity contribution in [2.75, 3.05) is 23.3 Å². The van der Waals surface area contributed by atoms with Gasteiger partial charge in [-0.3, -0.25) is 14.6 Å². The number of hydrogen-bond acceptors (Lipinski definition) is 7. The molecule has 1 amide bonds. The van der Waals surface area contributed by atoms with Crippen LogP contribution < -0.4 is 15.8 Å². The van der Waals surface area contributed by atoms with Crippen LogP contribution in [0.1, 0.15) is 19.5 Å². The molecule has 0 saturated carbocycles. The number of nitrogens with one attached hydrogen (secondary N) is 1. The van der Waals surface area contributed by atoms with E-state index in [0.29, 0.717) is 27.2 Å². The second-order valence-electron chi connectivity index (χ2n) is 9.76. The molecule has 4 aromatic heterocycles. The van der Waals surface area contributed by atoms with Crippen molar-refractivity contribution >= 4 is 28.3 Å². The molecule has 1 aliphatic heterocycles. The molecule has 0 aromatic carbocycles. The zero-order valence-electron chi connectivity index (χ0n) is 21.9. The van der Waals surface area contributed by atoms with E-state index in [1.165, 1.54) is 0 Å². The van der Waals surface area contributed by atoms with Crippen LogP contribution in [0.2, 0.25) is 0 Å². The van der Waals surface area contributed by atoms with Crippen molar-refractivity contribution in [1.82, 2.24) is 19.5 Å². The number of nitrogens with zero attached hydrogens (tertiary/aromatic N) is 5. The summed E-state index contributed by atoms with van der Waals surface area (Å²) >= 11 is 0. The minimum Gasteiger partial charge on any atom is -0.372 e. The highest BCUT2D eigenvalue weighted by Gasteiger charge is 2.23. The van der Waals surface area contributed by atoms with Crippen LogP contribution in [0.15, 0.2) is 59.7 Å². The van der Waals surface area contributed by atoms with E-state index in [-0.39, 0.29) is 24.3 Å². The minimum absolute atomic E-state index is 0.0969. The highest BCUT2D eigenvalue weighted by atomic mass is 19.3. The van der Waals surface area contributed by atoms with Gasteiger partial charge in [-0.25, -0.2) is 23.1 Å². The third-order valence-corrected chi connectivity index (χ3v) is 6.37. The fourth-order valence-corrected chi connectivity index (χ4v) is 4.73. The first-order valence-corrected chi connectivity index (χ1v) is 12.8. The number of carbonyl (C=O) groups is 1. The number of amides is 1. The Morgan fingerprint density at radius 2 is 1.85 bits per heavy atom. The van der Waals surface area contributed by atoms with Crippen molar-refractivity contribution in [2.45, 2.75) is 45.4 Å². The van der Waals surface area contributed by atoms with E-state index in [0.717, 1.165) is 36.6 Å². The lowest BCUT2D eigenvalue weighted by Crippen LogP contribution is -2.45. The molecular weight excluding hydrogens is 525 g/mol. The molecule has 1 saturated heterocycles. The number of alkyl halides is 2. The van der Waals surface area contributed by atoms with Crippen LogP contribution in [0.3, 0.4) is 0 Å². The van der Waals surface area contributed by atoms with Gasteiger partial charge in [-0.05, 0) is 44.2 Å². The lowest BCUT2D eigenvalue weighted by atomic mass is 10.1. The van der Waals surface area contributed by atoms with Crippen LogP contribution >= 0.6 is 0 Å². The Morgan fingerprint density at radius 3 is 2.60 bits per heavy atom. The van der Waals surface area contributed by atoms with Crippen LogP contribution in [0.4, 0.5) is 24.7 Å². The predicted molar refractivity (Wildman–Crippen MR) is 144 cm³/mol. The predicted octanol–water partition coefficient (Wildman–Crippen LogP) is 4.05. The van der Waals surface area contributed by atoms with Gasteiger partial charge >= 0.3 is 0 Å². The Labute approximate surface area is 227 Å². The van der Waals surface area contributed by atoms with E-state index in [4.69, 9.17) is 14.7 Å². The number of hydrogen-bond donors (Lipinski definition) is 1. The van der Waals surface area contributed by atoms with Crippen molar-refractivity contribution in [3.05, 3.63) is 76.7 Å². The Kier molecular flexibility index (Phi) is 7.78. The molecule has 2 atom stereocenters. The van der Waals surface area contributed by atoms with E-state index in [1.807, 2.05) is 44.2 Å². The van der Waals surface area contributed by atoms with Crippen LogP contribution in [0, 0.1) is 5.82 Å². The smallest absolute Gasteiger partial charge is 0.286 e. The van der Waals surface area contributed by atoms with Crippen LogP contribution in [0.25, 0.3) is 22.3 Å². The summed E-state index contributed by atoms with van der Waals surface area (Å²) in [4.78, 5) is 40.4. The first kappa shape index (κ1) is 27.3. The summed E-state index contributed by atoms with van der Waals surface area (Å²) in [6.45, 7) is 4.56. The van der Waals surface area contributed by atoms with E-state index >= 15 is 0 Å². The summed E-state index contributed by atoms with van der Waals surface area (Å²) < 4.78 is 45.7. The van der Waals surface area contributed by atoms with Crippen LogP contribution in [-0.4, -0.2) is 57.1 Å². The van der Waals surface area contributed by atoms with Gasteiger partial charge in [0.05, 0.1) is 53.5 Å². The molecule has 12 heteroatoms. The lowest BCUT2D eigenvalue weighted by molar-refractivity contribution is -0.115. The average molecular weight is 553 g/mol. The molecule has 9 nitrogen and oxygen atoms in total. The fraction of sp³-hybridized carbons (Fsp3) is 0.321. The van der Waals surface area contributed by atoms with Gasteiger partial charge in [0.15, 0.2) is 5.82 Å². The zero-order chi connectivity index (χ0) is 28.4. The number of rotatable bonds is 7. The maximum absolute atomic E-state index is 13.9. The maximum atomic E-state index is 13.9. The van der Waals surface area contributed by atoms with E-state index < -0.39 is 30.3 Å². The molecule has 0 unspecified atom stereocenters. The summed E-state index contributed by atoms with van der Waals surface area (Å²) in [7, 11) is 0. The minimum atomic E-state index is -2.85. The van der Waals surface area contributed by atoms with Gasteiger partial charge in [0.1, 0.15) is 5.82 Å². The normalized spacial score (nSPS) is 17.4. The van der Waals surface area contributed by atoms with Crippen molar-refractivity contribution in [3.63, 3.8) is 0 Å². The van der Waals surface area contributed by atoms with E-state index in [1.54, 1.807) is 12.3 Å². The maximum Gasteiger partial charge on any atom is 0.286 e. The zero-order valence-corrected chi connectivity index (χ0v) is 21.9. The third-order valence-electron chi connectivity index (χ3n) is 6.37. The Hall–Kier alpha value is -4.32. The highest BCUT2D eigenvalue weighted by molar-refractivity contribution is 5.92. The van der Waals surface area contributed by atoms with E-state index in [2.05, 4.69) is 15.2 Å². The second kappa shape index (κ2) is 11.4. The van der Waals surface area contributed by atoms with Crippen LogP contribution in [-0.2, 0) is 22.5 Å². The lowest BCUT2D eigenvalue weighted by Gasteiger charge is -2.36. The van der Waals surface area contributed by atoms with Crippen molar-refractivity contribution in [3.8, 4) is 11.4 Å². The molecule has 1 fully saturated rings. The molecule has 40 heavy (non-hydrogen) atoms. The Bertz CT molecular complexity index is 1600. The molecule has 5 rings (SSSR count). The number of anilines is 2. The van der Waals surface area contributed by atoms with Gasteiger partial charge < -0.3 is 19.5 Å². The topological polar surface area (TPSA) is 102 Å². The monoisotopic (exact) mass is 552 g/mol. The van der Waals surface area contributed by atoms with Gasteiger partial charge in [-0.1, -0.05) is 6.07 Å².